The highest BCUT2D eigenvalue weighted by molar-refractivity contribution is 6.08. The molecular weight excluding hydrogens is 768 g/mol. The minimum absolute atomic E-state index is 0.0501. The number of unbranched alkanes of at least 4 members (excludes halogenated alkanes) is 1. The number of carbonyl (C=O) groups excluding carboxylic acids is 4. The molecule has 0 saturated carbocycles. The Bertz CT molecular complexity index is 2270. The lowest BCUT2D eigenvalue weighted by atomic mass is 10.1. The van der Waals surface area contributed by atoms with E-state index in [1.807, 2.05) is 51.1 Å². The van der Waals surface area contributed by atoms with Crippen molar-refractivity contribution in [1.82, 2.24) is 5.32 Å². The van der Waals surface area contributed by atoms with E-state index in [1.54, 1.807) is 63.2 Å². The first-order valence-electron chi connectivity index (χ1n) is 19.7. The van der Waals surface area contributed by atoms with Crippen molar-refractivity contribution in [2.24, 2.45) is 0 Å². The molecule has 0 fully saturated rings. The average molecular weight is 819 g/mol. The standard InChI is InChI=1S/C47H51FN4O8/c1-7-8-24-49-43(53)33-16-21-37(40(25-33)58-29-32-14-19-36(48)20-15-32)50-45(55)35-18-23-39(42(27-35)59-30(2)3)51-44(54)34-17-22-38(52-46(56)60-47(4,5)6)41(26-34)57-28-31-12-10-9-11-13-31/h9-23,25-27,30H,7-8,24,28-29H2,1-6H3,(H,49,53)(H,50,55)(H,51,54)(H,52,56). The fourth-order valence-corrected chi connectivity index (χ4v) is 5.65. The highest BCUT2D eigenvalue weighted by Crippen LogP contribution is 2.32. The first kappa shape index (κ1) is 44.2. The van der Waals surface area contributed by atoms with Gasteiger partial charge in [0.1, 0.15) is 41.9 Å². The molecule has 5 aromatic rings. The Balaban J connectivity index is 1.37. The van der Waals surface area contributed by atoms with Gasteiger partial charge in [0.25, 0.3) is 17.7 Å². The maximum absolute atomic E-state index is 13.8. The van der Waals surface area contributed by atoms with E-state index in [9.17, 15) is 23.6 Å². The molecule has 0 aromatic heterocycles. The summed E-state index contributed by atoms with van der Waals surface area (Å²) >= 11 is 0. The van der Waals surface area contributed by atoms with Gasteiger partial charge in [-0.15, -0.1) is 0 Å². The molecular formula is C47H51FN4O8. The van der Waals surface area contributed by atoms with Gasteiger partial charge in [-0.2, -0.15) is 0 Å². The van der Waals surface area contributed by atoms with Crippen LogP contribution in [-0.2, 0) is 18.0 Å². The fraction of sp³-hybridized carbons (Fsp3) is 0.277. The Kier molecular flexibility index (Phi) is 15.2. The molecule has 0 aliphatic carbocycles. The van der Waals surface area contributed by atoms with E-state index in [2.05, 4.69) is 21.3 Å². The number of amides is 4. The van der Waals surface area contributed by atoms with Crippen molar-refractivity contribution < 1.29 is 42.5 Å². The van der Waals surface area contributed by atoms with Crippen LogP contribution in [0.5, 0.6) is 17.2 Å². The van der Waals surface area contributed by atoms with Gasteiger partial charge in [-0.25, -0.2) is 9.18 Å². The predicted octanol–water partition coefficient (Wildman–Crippen LogP) is 10.2. The van der Waals surface area contributed by atoms with Gasteiger partial charge in [0.15, 0.2) is 0 Å². The van der Waals surface area contributed by atoms with Crippen LogP contribution in [0.1, 0.15) is 96.6 Å². The summed E-state index contributed by atoms with van der Waals surface area (Å²) in [6.07, 6.45) is 0.745. The van der Waals surface area contributed by atoms with Crippen LogP contribution in [0, 0.1) is 5.82 Å². The predicted molar refractivity (Wildman–Crippen MR) is 230 cm³/mol. The summed E-state index contributed by atoms with van der Waals surface area (Å²) < 4.78 is 37.2. The molecule has 0 spiro atoms. The molecule has 60 heavy (non-hydrogen) atoms. The van der Waals surface area contributed by atoms with Gasteiger partial charge in [-0.1, -0.05) is 55.8 Å². The summed E-state index contributed by atoms with van der Waals surface area (Å²) in [6.45, 7) is 11.7. The Morgan fingerprint density at radius 2 is 1.10 bits per heavy atom. The largest absolute Gasteiger partial charge is 0.489 e. The van der Waals surface area contributed by atoms with Crippen LogP contribution in [0.15, 0.2) is 109 Å². The van der Waals surface area contributed by atoms with E-state index in [4.69, 9.17) is 18.9 Å². The molecule has 4 N–H and O–H groups in total. The van der Waals surface area contributed by atoms with E-state index in [0.29, 0.717) is 34.7 Å². The minimum atomic E-state index is -0.733. The zero-order valence-electron chi connectivity index (χ0n) is 34.6. The molecule has 0 saturated heterocycles. The third kappa shape index (κ3) is 13.3. The number of ether oxygens (including phenoxy) is 4. The topological polar surface area (TPSA) is 153 Å². The molecule has 0 aliphatic rings. The lowest BCUT2D eigenvalue weighted by molar-refractivity contribution is 0.0634. The number of hydrogen-bond donors (Lipinski definition) is 4. The van der Waals surface area contributed by atoms with E-state index in [1.165, 1.54) is 36.4 Å². The second-order valence-corrected chi connectivity index (χ2v) is 15.1. The Labute approximate surface area is 349 Å². The summed E-state index contributed by atoms with van der Waals surface area (Å²) in [5.41, 5.74) is 2.52. The number of hydrogen-bond acceptors (Lipinski definition) is 8. The van der Waals surface area contributed by atoms with Crippen LogP contribution in [0.4, 0.5) is 26.2 Å². The first-order chi connectivity index (χ1) is 28.7. The first-order valence-corrected chi connectivity index (χ1v) is 19.7. The summed E-state index contributed by atoms with van der Waals surface area (Å²) in [5.74, 6) is -0.970. The third-order valence-electron chi connectivity index (χ3n) is 8.59. The number of rotatable bonds is 17. The van der Waals surface area contributed by atoms with Gasteiger partial charge in [0.2, 0.25) is 0 Å². The molecule has 0 bridgehead atoms. The number of halogens is 1. The summed E-state index contributed by atoms with van der Waals surface area (Å²) in [5, 5.41) is 11.3. The van der Waals surface area contributed by atoms with Crippen LogP contribution in [-0.4, -0.2) is 42.1 Å². The Morgan fingerprint density at radius 1 is 0.617 bits per heavy atom. The van der Waals surface area contributed by atoms with E-state index in [-0.39, 0.29) is 59.4 Å². The smallest absolute Gasteiger partial charge is 0.412 e. The van der Waals surface area contributed by atoms with Crippen molar-refractivity contribution >= 4 is 40.9 Å². The quantitative estimate of drug-likeness (QED) is 0.0677. The van der Waals surface area contributed by atoms with E-state index in [0.717, 1.165) is 18.4 Å². The maximum Gasteiger partial charge on any atom is 0.412 e. The second-order valence-electron chi connectivity index (χ2n) is 15.1. The number of nitrogens with one attached hydrogen (secondary N) is 4. The van der Waals surface area contributed by atoms with Crippen molar-refractivity contribution in [2.75, 3.05) is 22.5 Å². The van der Waals surface area contributed by atoms with Crippen LogP contribution in [0.25, 0.3) is 0 Å². The van der Waals surface area contributed by atoms with Gasteiger partial charge in [0, 0.05) is 23.2 Å². The van der Waals surface area contributed by atoms with Crippen molar-refractivity contribution in [2.45, 2.75) is 79.3 Å². The molecule has 0 heterocycles. The molecule has 5 rings (SSSR count). The van der Waals surface area contributed by atoms with Gasteiger partial charge in [-0.3, -0.25) is 19.7 Å². The van der Waals surface area contributed by atoms with Crippen LogP contribution in [0.2, 0.25) is 0 Å². The monoisotopic (exact) mass is 818 g/mol. The average Bonchev–Trinajstić information content (AvgIpc) is 3.20. The van der Waals surface area contributed by atoms with Crippen LogP contribution in [0.3, 0.4) is 0 Å². The van der Waals surface area contributed by atoms with Gasteiger partial charge >= 0.3 is 6.09 Å². The lowest BCUT2D eigenvalue weighted by Crippen LogP contribution is -2.27. The van der Waals surface area contributed by atoms with Crippen molar-refractivity contribution in [3.63, 3.8) is 0 Å². The van der Waals surface area contributed by atoms with Crippen LogP contribution < -0.4 is 35.5 Å². The molecule has 5 aromatic carbocycles. The van der Waals surface area contributed by atoms with Crippen molar-refractivity contribution in [1.29, 1.82) is 0 Å². The summed E-state index contributed by atoms with van der Waals surface area (Å²) in [4.78, 5) is 53.1. The molecule has 13 heteroatoms. The molecule has 4 amide bonds. The normalized spacial score (nSPS) is 11.0. The molecule has 12 nitrogen and oxygen atoms in total. The maximum atomic E-state index is 13.8. The van der Waals surface area contributed by atoms with E-state index >= 15 is 0 Å². The lowest BCUT2D eigenvalue weighted by Gasteiger charge is -2.21. The van der Waals surface area contributed by atoms with Gasteiger partial charge in [-0.05, 0) is 119 Å². The molecule has 0 unspecified atom stereocenters. The summed E-state index contributed by atoms with van der Waals surface area (Å²) in [6, 6.07) is 29.2. The van der Waals surface area contributed by atoms with E-state index < -0.39 is 23.5 Å². The van der Waals surface area contributed by atoms with Gasteiger partial charge < -0.3 is 34.9 Å². The minimum Gasteiger partial charge on any atom is -0.489 e. The zero-order valence-corrected chi connectivity index (χ0v) is 34.6. The molecule has 0 radical (unpaired) electrons. The Morgan fingerprint density at radius 3 is 1.62 bits per heavy atom. The number of benzene rings is 5. The highest BCUT2D eigenvalue weighted by atomic mass is 19.1. The fourth-order valence-electron chi connectivity index (χ4n) is 5.65. The molecule has 0 atom stereocenters. The van der Waals surface area contributed by atoms with Crippen LogP contribution >= 0.6 is 0 Å². The van der Waals surface area contributed by atoms with Gasteiger partial charge in [0.05, 0.1) is 23.2 Å². The second kappa shape index (κ2) is 20.7. The zero-order chi connectivity index (χ0) is 43.2. The summed E-state index contributed by atoms with van der Waals surface area (Å²) in [7, 11) is 0. The number of carbonyl (C=O) groups is 4. The third-order valence-corrected chi connectivity index (χ3v) is 8.59. The SMILES string of the molecule is CCCCNC(=O)c1ccc(NC(=O)c2ccc(NC(=O)c3ccc(NC(=O)OC(C)(C)C)c(OCc4ccccc4)c3)c(OC(C)C)c2)c(OCc2ccc(F)cc2)c1. The molecule has 0 aliphatic heterocycles. The molecule has 314 valence electrons. The Hall–Kier alpha value is -6.89. The van der Waals surface area contributed by atoms with Crippen molar-refractivity contribution in [3.05, 3.63) is 143 Å². The van der Waals surface area contributed by atoms with Crippen molar-refractivity contribution in [3.8, 4) is 17.2 Å². The number of anilines is 3. The highest BCUT2D eigenvalue weighted by Gasteiger charge is 2.21.